The molecule has 0 spiro atoms. The van der Waals surface area contributed by atoms with Crippen molar-refractivity contribution in [1.29, 1.82) is 0 Å². The molecular weight excluding hydrogens is 999 g/mol. The molecule has 16 rings (SSSR count). The molecular formula is C82H57N. The van der Waals surface area contributed by atoms with Crippen LogP contribution in [0.4, 0.5) is 0 Å². The zero-order valence-electron chi connectivity index (χ0n) is 46.4. The van der Waals surface area contributed by atoms with E-state index in [9.17, 15) is 0 Å². The molecule has 0 bridgehead atoms. The van der Waals surface area contributed by atoms with Gasteiger partial charge in [0, 0.05) is 28.9 Å². The number of rotatable bonds is 9. The molecule has 0 radical (unpaired) electrons. The Kier molecular flexibility index (Phi) is 11.6. The van der Waals surface area contributed by atoms with Crippen LogP contribution in [0.3, 0.4) is 0 Å². The monoisotopic (exact) mass is 1060 g/mol. The third-order valence-corrected chi connectivity index (χ3v) is 18.1. The Morgan fingerprint density at radius 1 is 0.229 bits per heavy atom. The van der Waals surface area contributed by atoms with Gasteiger partial charge in [-0.25, -0.2) is 4.98 Å². The molecule has 1 nitrogen and oxygen atoms in total. The van der Waals surface area contributed by atoms with Crippen molar-refractivity contribution in [3.8, 4) is 100 Å². The summed E-state index contributed by atoms with van der Waals surface area (Å²) in [5.41, 5.74) is 35.8. The maximum absolute atomic E-state index is 5.68. The highest BCUT2D eigenvalue weighted by Crippen LogP contribution is 2.56. The molecule has 0 saturated heterocycles. The summed E-state index contributed by atoms with van der Waals surface area (Å²) < 4.78 is 0. The van der Waals surface area contributed by atoms with Gasteiger partial charge in [0.1, 0.15) is 0 Å². The van der Waals surface area contributed by atoms with Gasteiger partial charge in [-0.2, -0.15) is 0 Å². The predicted octanol–water partition coefficient (Wildman–Crippen LogP) is 21.2. The molecule has 0 saturated carbocycles. The van der Waals surface area contributed by atoms with Crippen LogP contribution in [0.5, 0.6) is 0 Å². The van der Waals surface area contributed by atoms with E-state index in [1.54, 1.807) is 0 Å². The average molecular weight is 1060 g/mol. The highest BCUT2D eigenvalue weighted by molar-refractivity contribution is 5.94. The topological polar surface area (TPSA) is 12.9 Å². The second-order valence-corrected chi connectivity index (χ2v) is 23.0. The van der Waals surface area contributed by atoms with Gasteiger partial charge in [0.05, 0.1) is 11.4 Å². The second-order valence-electron chi connectivity index (χ2n) is 23.0. The van der Waals surface area contributed by atoms with Crippen molar-refractivity contribution in [3.63, 3.8) is 0 Å². The van der Waals surface area contributed by atoms with Crippen molar-refractivity contribution in [2.45, 2.75) is 31.6 Å². The van der Waals surface area contributed by atoms with Crippen LogP contribution < -0.4 is 0 Å². The van der Waals surface area contributed by atoms with Crippen LogP contribution in [0.25, 0.3) is 100 Å². The van der Waals surface area contributed by atoms with E-state index >= 15 is 0 Å². The molecule has 390 valence electrons. The predicted molar refractivity (Wildman–Crippen MR) is 345 cm³/mol. The number of hydrogen-bond donors (Lipinski definition) is 0. The number of benzene rings is 12. The van der Waals surface area contributed by atoms with Crippen molar-refractivity contribution in [1.82, 2.24) is 4.98 Å². The second kappa shape index (κ2) is 19.8. The Balaban J connectivity index is 0.996. The van der Waals surface area contributed by atoms with Gasteiger partial charge in [-0.05, 0) is 178 Å². The van der Waals surface area contributed by atoms with Crippen molar-refractivity contribution in [3.05, 3.63) is 352 Å². The standard InChI is InChI=1S/C82H57N/c1-51-39-41-62(52(2)43-51)57-40-42-73-76(46-57)67-33-13-18-38-72(67)81(73)82-74(55-25-19-27-58(44-55)79-68-34-14-9-29-63(68)64-30-10-15-35-69(64)79)47-61(78-50-60(53-21-5-3-6-22-53)49-77(83-78)54-23-7-4-8-24-54)48-75(82)56-26-20-28-59(45-56)80-70-36-16-11-31-65(70)66-32-12-17-37-71(66)80/h3-50,79-81H,1-2H3. The van der Waals surface area contributed by atoms with Crippen LogP contribution >= 0.6 is 0 Å². The lowest BCUT2D eigenvalue weighted by molar-refractivity contribution is 1.01. The SMILES string of the molecule is Cc1ccc(-c2ccc3c(c2)-c2ccccc2C3c2c(-c3cccc(C4c5ccccc5-c5ccccc54)c3)cc(-c3cc(-c4ccccc4)cc(-c4ccccc4)n3)cc2-c2cccc(C3c4ccccc4-c4ccccc43)c2)c(C)c1. The number of pyridine rings is 1. The van der Waals surface area contributed by atoms with E-state index in [2.05, 4.69) is 305 Å². The minimum absolute atomic E-state index is 0.0801. The zero-order valence-corrected chi connectivity index (χ0v) is 46.4. The Morgan fingerprint density at radius 3 is 1.13 bits per heavy atom. The van der Waals surface area contributed by atoms with Gasteiger partial charge in [-0.15, -0.1) is 0 Å². The smallest absolute Gasteiger partial charge is 0.0716 e. The first-order chi connectivity index (χ1) is 41.0. The summed E-state index contributed by atoms with van der Waals surface area (Å²) in [6.45, 7) is 4.43. The average Bonchev–Trinajstić information content (AvgIpc) is 2.37. The molecule has 0 amide bonds. The number of aryl methyl sites for hydroxylation is 2. The molecule has 1 aromatic heterocycles. The molecule has 83 heavy (non-hydrogen) atoms. The zero-order chi connectivity index (χ0) is 55.1. The number of hydrogen-bond acceptors (Lipinski definition) is 1. The summed E-state index contributed by atoms with van der Waals surface area (Å²) in [7, 11) is 0. The summed E-state index contributed by atoms with van der Waals surface area (Å²) in [6, 6.07) is 109. The van der Waals surface area contributed by atoms with Crippen molar-refractivity contribution in [2.75, 3.05) is 0 Å². The number of aromatic nitrogens is 1. The van der Waals surface area contributed by atoms with Gasteiger partial charge >= 0.3 is 0 Å². The van der Waals surface area contributed by atoms with E-state index in [0.29, 0.717) is 0 Å². The lowest BCUT2D eigenvalue weighted by atomic mass is 9.77. The highest BCUT2D eigenvalue weighted by Gasteiger charge is 2.36. The Morgan fingerprint density at radius 2 is 0.627 bits per heavy atom. The van der Waals surface area contributed by atoms with E-state index in [0.717, 1.165) is 33.6 Å². The summed E-state index contributed by atoms with van der Waals surface area (Å²) in [5.74, 6) is 0.0538. The van der Waals surface area contributed by atoms with Gasteiger partial charge in [-0.3, -0.25) is 0 Å². The fraction of sp³-hybridized carbons (Fsp3) is 0.0610. The van der Waals surface area contributed by atoms with Crippen LogP contribution in [0.15, 0.2) is 291 Å². The fourth-order valence-corrected chi connectivity index (χ4v) is 14.4. The largest absolute Gasteiger partial charge is 0.248 e. The minimum atomic E-state index is -0.106. The van der Waals surface area contributed by atoms with Crippen LogP contribution in [-0.2, 0) is 0 Å². The molecule has 1 heteroatoms. The first kappa shape index (κ1) is 48.7. The van der Waals surface area contributed by atoms with Gasteiger partial charge in [0.15, 0.2) is 0 Å². The van der Waals surface area contributed by atoms with Crippen molar-refractivity contribution < 1.29 is 0 Å². The molecule has 13 aromatic rings. The van der Waals surface area contributed by atoms with Gasteiger partial charge in [0.2, 0.25) is 0 Å². The maximum atomic E-state index is 5.68. The molecule has 3 aliphatic rings. The summed E-state index contributed by atoms with van der Waals surface area (Å²) >= 11 is 0. The van der Waals surface area contributed by atoms with Crippen molar-refractivity contribution in [2.24, 2.45) is 0 Å². The summed E-state index contributed by atoms with van der Waals surface area (Å²) in [4.78, 5) is 5.68. The van der Waals surface area contributed by atoms with Crippen LogP contribution in [0.2, 0.25) is 0 Å². The van der Waals surface area contributed by atoms with E-state index < -0.39 is 0 Å². The Hall–Kier alpha value is -10.2. The molecule has 1 atom stereocenters. The fourth-order valence-electron chi connectivity index (χ4n) is 14.4. The van der Waals surface area contributed by atoms with Gasteiger partial charge in [-0.1, -0.05) is 266 Å². The number of fused-ring (bicyclic) bond motifs is 9. The molecule has 3 aliphatic carbocycles. The summed E-state index contributed by atoms with van der Waals surface area (Å²) in [5, 5.41) is 0. The maximum Gasteiger partial charge on any atom is 0.0716 e. The van der Waals surface area contributed by atoms with Crippen LogP contribution in [-0.4, -0.2) is 4.98 Å². The molecule has 0 N–H and O–H groups in total. The van der Waals surface area contributed by atoms with E-state index in [1.807, 2.05) is 0 Å². The Labute approximate surface area is 486 Å². The molecule has 0 aliphatic heterocycles. The molecule has 12 aromatic carbocycles. The third kappa shape index (κ3) is 8.18. The van der Waals surface area contributed by atoms with E-state index in [4.69, 9.17) is 4.98 Å². The summed E-state index contributed by atoms with van der Waals surface area (Å²) in [6.07, 6.45) is 0. The van der Waals surface area contributed by atoms with E-state index in [-0.39, 0.29) is 17.8 Å². The first-order valence-corrected chi connectivity index (χ1v) is 29.2. The normalized spacial score (nSPS) is 13.7. The van der Waals surface area contributed by atoms with Crippen LogP contribution in [0, 0.1) is 13.8 Å². The van der Waals surface area contributed by atoms with Crippen molar-refractivity contribution >= 4 is 0 Å². The highest BCUT2D eigenvalue weighted by atomic mass is 14.7. The first-order valence-electron chi connectivity index (χ1n) is 29.2. The quantitative estimate of drug-likeness (QED) is 0.140. The van der Waals surface area contributed by atoms with E-state index in [1.165, 1.54) is 128 Å². The minimum Gasteiger partial charge on any atom is -0.248 e. The van der Waals surface area contributed by atoms with Gasteiger partial charge < -0.3 is 0 Å². The number of nitrogens with zero attached hydrogens (tertiary/aromatic N) is 1. The van der Waals surface area contributed by atoms with Crippen LogP contribution in [0.1, 0.15) is 79.0 Å². The lowest BCUT2D eigenvalue weighted by Gasteiger charge is -2.26. The lowest BCUT2D eigenvalue weighted by Crippen LogP contribution is -2.07. The molecule has 1 heterocycles. The van der Waals surface area contributed by atoms with Gasteiger partial charge in [0.25, 0.3) is 0 Å². The third-order valence-electron chi connectivity index (χ3n) is 18.1. The molecule has 0 fully saturated rings. The molecule has 1 unspecified atom stereocenters. The Bertz CT molecular complexity index is 4410.